The Morgan fingerprint density at radius 1 is 1.33 bits per heavy atom. The van der Waals surface area contributed by atoms with Crippen LogP contribution in [-0.2, 0) is 0 Å². The summed E-state index contributed by atoms with van der Waals surface area (Å²) in [5.74, 6) is 1.23. The molecule has 24 heavy (non-hydrogen) atoms. The number of nitrogens with zero attached hydrogens (tertiary/aromatic N) is 1. The molecule has 3 atom stereocenters. The number of benzene rings is 1. The summed E-state index contributed by atoms with van der Waals surface area (Å²) in [6, 6.07) is 8.19. The maximum Gasteiger partial charge on any atom is 0.319 e. The van der Waals surface area contributed by atoms with Gasteiger partial charge in [0.05, 0.1) is 24.0 Å². The van der Waals surface area contributed by atoms with Gasteiger partial charge in [-0.3, -0.25) is 0 Å². The molecule has 0 aromatic heterocycles. The lowest BCUT2D eigenvalue weighted by Crippen LogP contribution is -2.41. The summed E-state index contributed by atoms with van der Waals surface area (Å²) < 4.78 is 0. The number of amides is 2. The molecule has 2 fully saturated rings. The van der Waals surface area contributed by atoms with Crippen LogP contribution in [0.2, 0.25) is 0 Å². The molecule has 0 spiro atoms. The fourth-order valence-corrected chi connectivity index (χ4v) is 4.14. The van der Waals surface area contributed by atoms with Crippen molar-refractivity contribution in [3.8, 4) is 0 Å². The Kier molecular flexibility index (Phi) is 5.29. The first-order valence-corrected chi connectivity index (χ1v) is 9.11. The van der Waals surface area contributed by atoms with Gasteiger partial charge >= 0.3 is 6.03 Å². The molecule has 3 unspecified atom stereocenters. The number of aliphatic hydroxyl groups is 1. The van der Waals surface area contributed by atoms with E-state index in [-0.39, 0.29) is 18.7 Å². The second kappa shape index (κ2) is 7.43. The van der Waals surface area contributed by atoms with Gasteiger partial charge in [0.25, 0.3) is 0 Å². The van der Waals surface area contributed by atoms with Crippen molar-refractivity contribution in [3.05, 3.63) is 24.3 Å². The van der Waals surface area contributed by atoms with Crippen molar-refractivity contribution in [2.75, 3.05) is 23.4 Å². The Morgan fingerprint density at radius 2 is 2.12 bits per heavy atom. The van der Waals surface area contributed by atoms with Crippen LogP contribution in [-0.4, -0.2) is 36.4 Å². The van der Waals surface area contributed by atoms with Crippen molar-refractivity contribution in [2.45, 2.75) is 51.6 Å². The predicted octanol–water partition coefficient (Wildman–Crippen LogP) is 3.20. The minimum absolute atomic E-state index is 0.0386. The molecule has 0 radical (unpaired) electrons. The summed E-state index contributed by atoms with van der Waals surface area (Å²) >= 11 is 0. The molecule has 1 saturated heterocycles. The normalized spacial score (nSPS) is 23.6. The second-order valence-corrected chi connectivity index (χ2v) is 7.61. The van der Waals surface area contributed by atoms with Gasteiger partial charge in [-0.1, -0.05) is 26.0 Å². The van der Waals surface area contributed by atoms with Crippen LogP contribution in [0.1, 0.15) is 39.5 Å². The number of aliphatic hydroxyl groups excluding tert-OH is 1. The SMILES string of the molecule is CC(C)CC(CO)NC(=O)Nc1ccccc1N1CC2CCC1C2. The molecule has 1 aromatic rings. The summed E-state index contributed by atoms with van der Waals surface area (Å²) in [4.78, 5) is 14.8. The van der Waals surface area contributed by atoms with Gasteiger partial charge in [0.15, 0.2) is 0 Å². The maximum atomic E-state index is 12.3. The number of piperidine rings is 1. The molecular weight excluding hydrogens is 302 g/mol. The zero-order chi connectivity index (χ0) is 17.1. The summed E-state index contributed by atoms with van der Waals surface area (Å²) in [7, 11) is 0. The van der Waals surface area contributed by atoms with Crippen LogP contribution < -0.4 is 15.5 Å². The van der Waals surface area contributed by atoms with E-state index in [9.17, 15) is 9.90 Å². The third-order valence-electron chi connectivity index (χ3n) is 5.18. The van der Waals surface area contributed by atoms with Crippen molar-refractivity contribution in [1.29, 1.82) is 0 Å². The van der Waals surface area contributed by atoms with E-state index in [2.05, 4.69) is 35.4 Å². The molecule has 1 heterocycles. The number of fused-ring (bicyclic) bond motifs is 2. The summed E-state index contributed by atoms with van der Waals surface area (Å²) in [5, 5.41) is 15.3. The maximum absolute atomic E-state index is 12.3. The van der Waals surface area contributed by atoms with Gasteiger partial charge in [-0.05, 0) is 49.7 Å². The Bertz CT molecular complexity index is 575. The van der Waals surface area contributed by atoms with E-state index < -0.39 is 0 Å². The molecule has 1 aromatic carbocycles. The molecule has 1 saturated carbocycles. The van der Waals surface area contributed by atoms with Gasteiger partial charge in [0.1, 0.15) is 0 Å². The number of rotatable bonds is 6. The lowest BCUT2D eigenvalue weighted by Gasteiger charge is -2.31. The minimum atomic E-state index is -0.244. The third kappa shape index (κ3) is 3.83. The molecule has 2 amide bonds. The lowest BCUT2D eigenvalue weighted by atomic mass is 10.0. The highest BCUT2D eigenvalue weighted by Crippen LogP contribution is 2.42. The number of urea groups is 1. The van der Waals surface area contributed by atoms with Crippen molar-refractivity contribution >= 4 is 17.4 Å². The monoisotopic (exact) mass is 331 g/mol. The van der Waals surface area contributed by atoms with E-state index in [1.807, 2.05) is 18.2 Å². The topological polar surface area (TPSA) is 64.6 Å². The minimum Gasteiger partial charge on any atom is -0.394 e. The first-order chi connectivity index (χ1) is 11.6. The average molecular weight is 331 g/mol. The molecule has 132 valence electrons. The number of carbonyl (C=O) groups excluding carboxylic acids is 1. The quantitative estimate of drug-likeness (QED) is 0.750. The van der Waals surface area contributed by atoms with E-state index in [4.69, 9.17) is 0 Å². The number of anilines is 2. The van der Waals surface area contributed by atoms with Crippen molar-refractivity contribution in [1.82, 2.24) is 5.32 Å². The second-order valence-electron chi connectivity index (χ2n) is 7.61. The molecular formula is C19H29N3O2. The Labute approximate surface area is 144 Å². The zero-order valence-corrected chi connectivity index (χ0v) is 14.7. The summed E-state index contributed by atoms with van der Waals surface area (Å²) in [5.41, 5.74) is 1.97. The van der Waals surface area contributed by atoms with Crippen molar-refractivity contribution in [2.24, 2.45) is 11.8 Å². The number of para-hydroxylation sites is 2. The lowest BCUT2D eigenvalue weighted by molar-refractivity contribution is 0.214. The number of hydrogen-bond acceptors (Lipinski definition) is 3. The largest absolute Gasteiger partial charge is 0.394 e. The van der Waals surface area contributed by atoms with E-state index in [0.29, 0.717) is 12.0 Å². The van der Waals surface area contributed by atoms with E-state index in [0.717, 1.165) is 30.3 Å². The van der Waals surface area contributed by atoms with E-state index in [1.165, 1.54) is 19.3 Å². The average Bonchev–Trinajstić information content (AvgIpc) is 3.17. The highest BCUT2D eigenvalue weighted by molar-refractivity contribution is 5.93. The Hall–Kier alpha value is -1.75. The highest BCUT2D eigenvalue weighted by atomic mass is 16.3. The van der Waals surface area contributed by atoms with Crippen LogP contribution in [0.4, 0.5) is 16.2 Å². The van der Waals surface area contributed by atoms with Gasteiger partial charge in [-0.2, -0.15) is 0 Å². The van der Waals surface area contributed by atoms with Crippen LogP contribution in [0.5, 0.6) is 0 Å². The fourth-order valence-electron chi connectivity index (χ4n) is 4.14. The predicted molar refractivity (Wildman–Crippen MR) is 97.4 cm³/mol. The van der Waals surface area contributed by atoms with Crippen LogP contribution >= 0.6 is 0 Å². The van der Waals surface area contributed by atoms with Gasteiger partial charge in [-0.15, -0.1) is 0 Å². The first-order valence-electron chi connectivity index (χ1n) is 9.11. The van der Waals surface area contributed by atoms with Crippen LogP contribution in [0.3, 0.4) is 0 Å². The number of carbonyl (C=O) groups is 1. The smallest absolute Gasteiger partial charge is 0.319 e. The van der Waals surface area contributed by atoms with Gasteiger partial charge in [0.2, 0.25) is 0 Å². The molecule has 5 nitrogen and oxygen atoms in total. The van der Waals surface area contributed by atoms with Gasteiger partial charge in [0, 0.05) is 12.6 Å². The molecule has 2 aliphatic rings. The molecule has 1 aliphatic carbocycles. The zero-order valence-electron chi connectivity index (χ0n) is 14.7. The van der Waals surface area contributed by atoms with E-state index >= 15 is 0 Å². The van der Waals surface area contributed by atoms with Crippen LogP contribution in [0.25, 0.3) is 0 Å². The molecule has 2 bridgehead atoms. The number of hydrogen-bond donors (Lipinski definition) is 3. The summed E-state index contributed by atoms with van der Waals surface area (Å²) in [6.07, 6.45) is 4.64. The molecule has 3 rings (SSSR count). The first kappa shape index (κ1) is 17.1. The van der Waals surface area contributed by atoms with Crippen molar-refractivity contribution < 1.29 is 9.90 Å². The van der Waals surface area contributed by atoms with E-state index in [1.54, 1.807) is 0 Å². The van der Waals surface area contributed by atoms with Crippen molar-refractivity contribution in [3.63, 3.8) is 0 Å². The van der Waals surface area contributed by atoms with Gasteiger partial charge < -0.3 is 20.6 Å². The molecule has 5 heteroatoms. The number of nitrogens with one attached hydrogen (secondary N) is 2. The fraction of sp³-hybridized carbons (Fsp3) is 0.632. The molecule has 1 aliphatic heterocycles. The van der Waals surface area contributed by atoms with Crippen LogP contribution in [0, 0.1) is 11.8 Å². The highest BCUT2D eigenvalue weighted by Gasteiger charge is 2.38. The standard InChI is InChI=1S/C19H29N3O2/c1-13(2)9-15(12-23)20-19(24)21-17-5-3-4-6-18(17)22-11-14-7-8-16(22)10-14/h3-6,13-16,23H,7-12H2,1-2H3,(H2,20,21,24). The van der Waals surface area contributed by atoms with Gasteiger partial charge in [-0.25, -0.2) is 4.79 Å². The third-order valence-corrected chi connectivity index (χ3v) is 5.18. The Balaban J connectivity index is 1.66. The molecule has 3 N–H and O–H groups in total. The van der Waals surface area contributed by atoms with Crippen LogP contribution in [0.15, 0.2) is 24.3 Å². The summed E-state index contributed by atoms with van der Waals surface area (Å²) in [6.45, 7) is 5.22. The Morgan fingerprint density at radius 3 is 2.75 bits per heavy atom.